The molecule has 0 atom stereocenters. The van der Waals surface area contributed by atoms with Crippen molar-refractivity contribution in [3.05, 3.63) is 46.0 Å². The number of nitrogens with one attached hydrogen (secondary N) is 2. The van der Waals surface area contributed by atoms with E-state index in [1.54, 1.807) is 13.2 Å². The Bertz CT molecular complexity index is 696. The molecule has 2 rings (SSSR count). The minimum atomic E-state index is 0. The van der Waals surface area contributed by atoms with E-state index in [0.29, 0.717) is 5.15 Å². The summed E-state index contributed by atoms with van der Waals surface area (Å²) in [6.45, 7) is 5.75. The number of pyridine rings is 1. The molecule has 6 nitrogen and oxygen atoms in total. The van der Waals surface area contributed by atoms with Gasteiger partial charge in [0.25, 0.3) is 0 Å². The van der Waals surface area contributed by atoms with Crippen molar-refractivity contribution in [1.82, 2.24) is 25.4 Å². The van der Waals surface area contributed by atoms with Gasteiger partial charge in [0.1, 0.15) is 5.15 Å². The number of guanidine groups is 1. The zero-order chi connectivity index (χ0) is 17.5. The standard InChI is InChI=1S/C17H25ClN6.HI/c1-12-15(13(2)24(4)23-12)8-10-21-17(19-3)20-9-7-14-5-6-16(18)22-11-14;/h5-6,11H,7-10H2,1-4H3,(H2,19,20,21);1H. The molecular weight excluding hydrogens is 451 g/mol. The molecule has 0 unspecified atom stereocenters. The van der Waals surface area contributed by atoms with Gasteiger partial charge in [-0.3, -0.25) is 9.67 Å². The molecule has 138 valence electrons. The van der Waals surface area contributed by atoms with Gasteiger partial charge in [-0.15, -0.1) is 24.0 Å². The zero-order valence-corrected chi connectivity index (χ0v) is 18.2. The molecule has 2 N–H and O–H groups in total. The predicted octanol–water partition coefficient (Wildman–Crippen LogP) is 2.65. The fraction of sp³-hybridized carbons (Fsp3) is 0.471. The van der Waals surface area contributed by atoms with Crippen molar-refractivity contribution in [3.63, 3.8) is 0 Å². The van der Waals surface area contributed by atoms with Crippen molar-refractivity contribution in [3.8, 4) is 0 Å². The van der Waals surface area contributed by atoms with Crippen LogP contribution in [0.2, 0.25) is 5.15 Å². The smallest absolute Gasteiger partial charge is 0.190 e. The van der Waals surface area contributed by atoms with E-state index >= 15 is 0 Å². The second-order valence-electron chi connectivity index (χ2n) is 5.69. The summed E-state index contributed by atoms with van der Waals surface area (Å²) in [7, 11) is 3.76. The highest BCUT2D eigenvalue weighted by Gasteiger charge is 2.09. The summed E-state index contributed by atoms with van der Waals surface area (Å²) in [5.41, 5.74) is 4.75. The quantitative estimate of drug-likeness (QED) is 0.291. The van der Waals surface area contributed by atoms with E-state index in [-0.39, 0.29) is 24.0 Å². The number of nitrogens with zero attached hydrogens (tertiary/aromatic N) is 4. The van der Waals surface area contributed by atoms with Crippen LogP contribution in [-0.2, 0) is 19.9 Å². The average Bonchev–Trinajstić information content (AvgIpc) is 2.81. The lowest BCUT2D eigenvalue weighted by Crippen LogP contribution is -2.39. The number of hydrogen-bond donors (Lipinski definition) is 2. The van der Waals surface area contributed by atoms with Crippen molar-refractivity contribution in [2.24, 2.45) is 12.0 Å². The second-order valence-corrected chi connectivity index (χ2v) is 6.08. The predicted molar refractivity (Wildman–Crippen MR) is 114 cm³/mol. The van der Waals surface area contributed by atoms with Crippen LogP contribution in [0.5, 0.6) is 0 Å². The molecule has 2 aromatic heterocycles. The van der Waals surface area contributed by atoms with Crippen LogP contribution in [0.4, 0.5) is 0 Å². The Morgan fingerprint density at radius 1 is 1.20 bits per heavy atom. The Hall–Kier alpha value is -1.35. The highest BCUT2D eigenvalue weighted by molar-refractivity contribution is 14.0. The normalized spacial score (nSPS) is 11.2. The van der Waals surface area contributed by atoms with Gasteiger partial charge >= 0.3 is 0 Å². The van der Waals surface area contributed by atoms with Crippen LogP contribution in [0, 0.1) is 13.8 Å². The summed E-state index contributed by atoms with van der Waals surface area (Å²) in [4.78, 5) is 8.33. The molecule has 0 saturated heterocycles. The molecule has 0 aliphatic rings. The summed E-state index contributed by atoms with van der Waals surface area (Å²) in [5, 5.41) is 11.6. The number of aryl methyl sites for hydroxylation is 2. The topological polar surface area (TPSA) is 67.1 Å². The summed E-state index contributed by atoms with van der Waals surface area (Å²) < 4.78 is 1.93. The van der Waals surface area contributed by atoms with E-state index < -0.39 is 0 Å². The van der Waals surface area contributed by atoms with Crippen molar-refractivity contribution >= 4 is 41.5 Å². The van der Waals surface area contributed by atoms with Gasteiger partial charge < -0.3 is 10.6 Å². The van der Waals surface area contributed by atoms with Crippen LogP contribution in [0.25, 0.3) is 0 Å². The van der Waals surface area contributed by atoms with E-state index in [9.17, 15) is 0 Å². The van der Waals surface area contributed by atoms with Crippen molar-refractivity contribution in [2.45, 2.75) is 26.7 Å². The van der Waals surface area contributed by atoms with Crippen LogP contribution < -0.4 is 10.6 Å². The fourth-order valence-corrected chi connectivity index (χ4v) is 2.70. The molecule has 25 heavy (non-hydrogen) atoms. The number of halogens is 2. The largest absolute Gasteiger partial charge is 0.356 e. The highest BCUT2D eigenvalue weighted by atomic mass is 127. The summed E-state index contributed by atoms with van der Waals surface area (Å²) >= 11 is 5.79. The lowest BCUT2D eigenvalue weighted by atomic mass is 10.1. The third-order valence-corrected chi connectivity index (χ3v) is 4.27. The van der Waals surface area contributed by atoms with Crippen LogP contribution in [0.15, 0.2) is 23.3 Å². The summed E-state index contributed by atoms with van der Waals surface area (Å²) in [6.07, 6.45) is 3.59. The molecule has 8 heteroatoms. The van der Waals surface area contributed by atoms with E-state index in [0.717, 1.165) is 43.1 Å². The van der Waals surface area contributed by atoms with E-state index in [2.05, 4.69) is 39.6 Å². The molecule has 0 aliphatic heterocycles. The Labute approximate surface area is 171 Å². The summed E-state index contributed by atoms with van der Waals surface area (Å²) in [5.74, 6) is 0.802. The Kier molecular flexibility index (Phi) is 9.20. The Balaban J connectivity index is 0.00000312. The first-order chi connectivity index (χ1) is 11.5. The van der Waals surface area contributed by atoms with Gasteiger partial charge in [-0.05, 0) is 43.9 Å². The van der Waals surface area contributed by atoms with Gasteiger partial charge in [0.05, 0.1) is 5.69 Å². The molecule has 0 spiro atoms. The van der Waals surface area contributed by atoms with Crippen LogP contribution in [0.1, 0.15) is 22.5 Å². The SMILES string of the molecule is CN=C(NCCc1ccc(Cl)nc1)NCCc1c(C)nn(C)c1C.I. The van der Waals surface area contributed by atoms with Crippen LogP contribution in [0.3, 0.4) is 0 Å². The number of hydrogen-bond acceptors (Lipinski definition) is 3. The average molecular weight is 477 g/mol. The van der Waals surface area contributed by atoms with Crippen molar-refractivity contribution in [1.29, 1.82) is 0 Å². The van der Waals surface area contributed by atoms with Gasteiger partial charge in [0.2, 0.25) is 0 Å². The van der Waals surface area contributed by atoms with Gasteiger partial charge in [-0.1, -0.05) is 17.7 Å². The van der Waals surface area contributed by atoms with E-state index in [4.69, 9.17) is 11.6 Å². The zero-order valence-electron chi connectivity index (χ0n) is 15.1. The minimum Gasteiger partial charge on any atom is -0.356 e. The molecule has 2 heterocycles. The third-order valence-electron chi connectivity index (χ3n) is 4.04. The first-order valence-corrected chi connectivity index (χ1v) is 8.43. The maximum absolute atomic E-state index is 5.79. The molecule has 0 fully saturated rings. The van der Waals surface area contributed by atoms with Gasteiger partial charge in [-0.25, -0.2) is 4.98 Å². The lowest BCUT2D eigenvalue weighted by Gasteiger charge is -2.12. The molecular formula is C17H26ClIN6. The Morgan fingerprint density at radius 2 is 1.88 bits per heavy atom. The number of aliphatic imine (C=N–C) groups is 1. The van der Waals surface area contributed by atoms with E-state index in [1.165, 1.54) is 11.3 Å². The number of rotatable bonds is 6. The minimum absolute atomic E-state index is 0. The van der Waals surface area contributed by atoms with Gasteiger partial charge in [-0.2, -0.15) is 5.10 Å². The Morgan fingerprint density at radius 3 is 2.40 bits per heavy atom. The molecule has 0 amide bonds. The third kappa shape index (κ3) is 6.47. The second kappa shape index (κ2) is 10.6. The van der Waals surface area contributed by atoms with Crippen LogP contribution in [-0.4, -0.2) is 40.9 Å². The van der Waals surface area contributed by atoms with Gasteiger partial charge in [0.15, 0.2) is 5.96 Å². The van der Waals surface area contributed by atoms with Crippen molar-refractivity contribution < 1.29 is 0 Å². The first-order valence-electron chi connectivity index (χ1n) is 8.05. The summed E-state index contributed by atoms with van der Waals surface area (Å²) in [6, 6.07) is 3.80. The molecule has 0 aromatic carbocycles. The molecule has 0 saturated carbocycles. The molecule has 0 radical (unpaired) electrons. The number of aromatic nitrogens is 3. The van der Waals surface area contributed by atoms with Crippen molar-refractivity contribution in [2.75, 3.05) is 20.1 Å². The molecule has 2 aromatic rings. The fourth-order valence-electron chi connectivity index (χ4n) is 2.59. The van der Waals surface area contributed by atoms with Gasteiger partial charge in [0, 0.05) is 39.1 Å². The first kappa shape index (κ1) is 21.7. The maximum atomic E-state index is 5.79. The molecule has 0 aliphatic carbocycles. The van der Waals surface area contributed by atoms with Crippen LogP contribution >= 0.6 is 35.6 Å². The monoisotopic (exact) mass is 476 g/mol. The lowest BCUT2D eigenvalue weighted by molar-refractivity contribution is 0.728. The highest BCUT2D eigenvalue weighted by Crippen LogP contribution is 2.11. The van der Waals surface area contributed by atoms with E-state index in [1.807, 2.05) is 23.9 Å². The maximum Gasteiger partial charge on any atom is 0.190 e. The molecule has 0 bridgehead atoms.